The number of benzene rings is 1. The van der Waals surface area contributed by atoms with Gasteiger partial charge in [0.1, 0.15) is 0 Å². The molecule has 0 bridgehead atoms. The Morgan fingerprint density at radius 1 is 1.29 bits per heavy atom. The van der Waals surface area contributed by atoms with Crippen LogP contribution in [0.15, 0.2) is 24.3 Å². The molecule has 0 saturated carbocycles. The lowest BCUT2D eigenvalue weighted by Crippen LogP contribution is -2.24. The minimum absolute atomic E-state index is 0.238. The number of hydrogen-bond acceptors (Lipinski definition) is 3. The van der Waals surface area contributed by atoms with Crippen LogP contribution in [0.3, 0.4) is 0 Å². The summed E-state index contributed by atoms with van der Waals surface area (Å²) in [6.45, 7) is 0.887. The largest absolute Gasteiger partial charge is 0.320 e. The fourth-order valence-electron chi connectivity index (χ4n) is 1.79. The maximum Gasteiger partial charge on any atom is 0.235 e. The maximum absolute atomic E-state index is 11.7. The molecular formula is C12H14N2O2S. The minimum Gasteiger partial charge on any atom is -0.320 e. The third kappa shape index (κ3) is 2.60. The van der Waals surface area contributed by atoms with Gasteiger partial charge in [-0.05, 0) is 30.7 Å². The zero-order valence-electron chi connectivity index (χ0n) is 9.39. The summed E-state index contributed by atoms with van der Waals surface area (Å²) < 4.78 is 24.9. The normalized spacial score (nSPS) is 17.6. The Bertz CT molecular complexity index is 552. The molecule has 0 amide bonds. The molecule has 1 fully saturated rings. The molecule has 5 heteroatoms. The Kier molecular flexibility index (Phi) is 3.36. The summed E-state index contributed by atoms with van der Waals surface area (Å²) >= 11 is 0. The summed E-state index contributed by atoms with van der Waals surface area (Å²) in [7, 11) is -3.09. The lowest BCUT2D eigenvalue weighted by molar-refractivity contribution is 0.599. The lowest BCUT2D eigenvalue weighted by atomic mass is 10.2. The van der Waals surface area contributed by atoms with Crippen LogP contribution >= 0.6 is 0 Å². The molecule has 0 atom stereocenters. The Balaban J connectivity index is 2.24. The van der Waals surface area contributed by atoms with Crippen molar-refractivity contribution in [3.8, 4) is 11.8 Å². The van der Waals surface area contributed by atoms with Crippen LogP contribution < -0.4 is 10.0 Å². The average molecular weight is 250 g/mol. The number of sulfonamides is 1. The summed E-state index contributed by atoms with van der Waals surface area (Å²) in [5.41, 5.74) is 6.83. The molecule has 0 radical (unpaired) electrons. The Morgan fingerprint density at radius 3 is 2.53 bits per heavy atom. The Morgan fingerprint density at radius 2 is 2.00 bits per heavy atom. The van der Waals surface area contributed by atoms with Crippen LogP contribution in [0.4, 0.5) is 5.69 Å². The first kappa shape index (κ1) is 12.0. The van der Waals surface area contributed by atoms with E-state index in [2.05, 4.69) is 11.8 Å². The van der Waals surface area contributed by atoms with Gasteiger partial charge in [0.05, 0.1) is 18.0 Å². The molecule has 2 rings (SSSR count). The lowest BCUT2D eigenvalue weighted by Gasteiger charge is -2.16. The van der Waals surface area contributed by atoms with Gasteiger partial charge in [-0.25, -0.2) is 8.42 Å². The molecule has 1 aromatic rings. The highest BCUT2D eigenvalue weighted by Gasteiger charge is 2.28. The fraction of sp³-hybridized carbons (Fsp3) is 0.333. The molecule has 1 heterocycles. The van der Waals surface area contributed by atoms with Crippen molar-refractivity contribution in [2.75, 3.05) is 23.1 Å². The topological polar surface area (TPSA) is 63.4 Å². The van der Waals surface area contributed by atoms with Crippen molar-refractivity contribution in [2.24, 2.45) is 5.73 Å². The number of anilines is 1. The van der Waals surface area contributed by atoms with E-state index in [0.717, 1.165) is 5.56 Å². The molecule has 4 nitrogen and oxygen atoms in total. The third-order valence-electron chi connectivity index (χ3n) is 2.59. The molecule has 0 unspecified atom stereocenters. The quantitative estimate of drug-likeness (QED) is 0.740. The number of hydrogen-bond donors (Lipinski definition) is 1. The van der Waals surface area contributed by atoms with Gasteiger partial charge in [-0.2, -0.15) is 0 Å². The third-order valence-corrected chi connectivity index (χ3v) is 4.46. The van der Waals surface area contributed by atoms with Crippen molar-refractivity contribution in [1.82, 2.24) is 0 Å². The molecule has 0 aliphatic carbocycles. The van der Waals surface area contributed by atoms with Gasteiger partial charge in [0.15, 0.2) is 0 Å². The molecule has 1 saturated heterocycles. The highest BCUT2D eigenvalue weighted by molar-refractivity contribution is 7.93. The van der Waals surface area contributed by atoms with E-state index in [1.54, 1.807) is 12.1 Å². The van der Waals surface area contributed by atoms with Gasteiger partial charge in [-0.1, -0.05) is 11.8 Å². The molecule has 0 spiro atoms. The van der Waals surface area contributed by atoms with Crippen LogP contribution in [0.5, 0.6) is 0 Å². The van der Waals surface area contributed by atoms with Gasteiger partial charge in [-0.15, -0.1) is 0 Å². The van der Waals surface area contributed by atoms with E-state index in [0.29, 0.717) is 25.2 Å². The molecule has 1 aliphatic heterocycles. The number of rotatable bonds is 1. The first-order chi connectivity index (χ1) is 8.13. The predicted octanol–water partition coefficient (Wildman–Crippen LogP) is 0.537. The maximum atomic E-state index is 11.7. The summed E-state index contributed by atoms with van der Waals surface area (Å²) in [5.74, 6) is 5.89. The number of nitrogens with two attached hydrogens (primary N) is 1. The smallest absolute Gasteiger partial charge is 0.235 e. The highest BCUT2D eigenvalue weighted by atomic mass is 32.2. The fourth-order valence-corrected chi connectivity index (χ4v) is 3.36. The van der Waals surface area contributed by atoms with E-state index in [1.165, 1.54) is 4.31 Å². The standard InChI is InChI=1S/C12H14N2O2S/c13-8-1-3-11-4-6-12(7-5-11)14-9-2-10-17(14,15)16/h4-7H,2,8-10,13H2. The summed E-state index contributed by atoms with van der Waals surface area (Å²) in [4.78, 5) is 0. The Hall–Kier alpha value is -1.51. The van der Waals surface area contributed by atoms with Gasteiger partial charge in [0.2, 0.25) is 10.0 Å². The summed E-state index contributed by atoms with van der Waals surface area (Å²) in [6.07, 6.45) is 0.692. The van der Waals surface area contributed by atoms with E-state index in [9.17, 15) is 8.42 Å². The second kappa shape index (κ2) is 4.78. The molecular weight excluding hydrogens is 236 g/mol. The predicted molar refractivity (Wildman–Crippen MR) is 68.1 cm³/mol. The minimum atomic E-state index is -3.09. The van der Waals surface area contributed by atoms with Crippen molar-refractivity contribution in [3.63, 3.8) is 0 Å². The van der Waals surface area contributed by atoms with Gasteiger partial charge in [0.25, 0.3) is 0 Å². The van der Waals surface area contributed by atoms with E-state index in [1.807, 2.05) is 12.1 Å². The van der Waals surface area contributed by atoms with Crippen LogP contribution in [0.25, 0.3) is 0 Å². The van der Waals surface area contributed by atoms with Crippen LogP contribution in [-0.4, -0.2) is 27.3 Å². The van der Waals surface area contributed by atoms with E-state index in [-0.39, 0.29) is 5.75 Å². The average Bonchev–Trinajstić information content (AvgIpc) is 2.67. The SMILES string of the molecule is NCC#Cc1ccc(N2CCCS2(=O)=O)cc1. The number of nitrogens with zero attached hydrogens (tertiary/aromatic N) is 1. The van der Waals surface area contributed by atoms with E-state index >= 15 is 0 Å². The molecule has 0 aromatic heterocycles. The van der Waals surface area contributed by atoms with Crippen molar-refractivity contribution >= 4 is 15.7 Å². The highest BCUT2D eigenvalue weighted by Crippen LogP contribution is 2.23. The van der Waals surface area contributed by atoms with Crippen LogP contribution in [-0.2, 0) is 10.0 Å². The van der Waals surface area contributed by atoms with Crippen LogP contribution in [0.1, 0.15) is 12.0 Å². The Labute approximate surface area is 101 Å². The first-order valence-corrected chi connectivity index (χ1v) is 7.04. The van der Waals surface area contributed by atoms with Gasteiger partial charge in [-0.3, -0.25) is 4.31 Å². The van der Waals surface area contributed by atoms with Gasteiger partial charge < -0.3 is 5.73 Å². The molecule has 90 valence electrons. The molecule has 17 heavy (non-hydrogen) atoms. The monoisotopic (exact) mass is 250 g/mol. The van der Waals surface area contributed by atoms with Crippen molar-refractivity contribution in [3.05, 3.63) is 29.8 Å². The van der Waals surface area contributed by atoms with Crippen molar-refractivity contribution in [1.29, 1.82) is 0 Å². The van der Waals surface area contributed by atoms with Crippen molar-refractivity contribution in [2.45, 2.75) is 6.42 Å². The molecule has 1 aliphatic rings. The second-order valence-electron chi connectivity index (χ2n) is 3.79. The summed E-state index contributed by atoms with van der Waals surface area (Å²) in [5, 5.41) is 0. The van der Waals surface area contributed by atoms with E-state index < -0.39 is 10.0 Å². The first-order valence-electron chi connectivity index (χ1n) is 5.43. The molecule has 2 N–H and O–H groups in total. The van der Waals surface area contributed by atoms with Crippen LogP contribution in [0.2, 0.25) is 0 Å². The van der Waals surface area contributed by atoms with Gasteiger partial charge in [0, 0.05) is 12.1 Å². The van der Waals surface area contributed by atoms with Crippen molar-refractivity contribution < 1.29 is 8.42 Å². The second-order valence-corrected chi connectivity index (χ2v) is 5.81. The molecule has 1 aromatic carbocycles. The zero-order chi connectivity index (χ0) is 12.3. The van der Waals surface area contributed by atoms with Gasteiger partial charge >= 0.3 is 0 Å². The zero-order valence-corrected chi connectivity index (χ0v) is 10.2. The van der Waals surface area contributed by atoms with Crippen LogP contribution in [0, 0.1) is 11.8 Å². The van der Waals surface area contributed by atoms with E-state index in [4.69, 9.17) is 5.73 Å². The summed E-state index contributed by atoms with van der Waals surface area (Å²) in [6, 6.07) is 7.18.